The van der Waals surface area contributed by atoms with Crippen LogP contribution < -0.4 is 9.62 Å². The Hall–Kier alpha value is -5.42. The monoisotopic (exact) mass is 680 g/mol. The molecule has 11 heteroatoms. The van der Waals surface area contributed by atoms with Crippen LogP contribution in [-0.2, 0) is 38.3 Å². The number of hydrogen-bond acceptors (Lipinski definition) is 11. The van der Waals surface area contributed by atoms with Gasteiger partial charge in [-0.15, -0.1) is 0 Å². The molecule has 2 heterocycles. The van der Waals surface area contributed by atoms with E-state index in [1.165, 1.54) is 6.08 Å². The first kappa shape index (κ1) is 34.4. The summed E-state index contributed by atoms with van der Waals surface area (Å²) in [4.78, 5) is 84.7. The number of rotatable bonds is 15. The maximum atomic E-state index is 12.6. The van der Waals surface area contributed by atoms with Crippen LogP contribution in [0, 0.1) is 11.8 Å². The molecule has 258 valence electrons. The fraction of sp³-hybridized carbons (Fsp3) is 0.333. The Morgan fingerprint density at radius 2 is 1.44 bits per heavy atom. The van der Waals surface area contributed by atoms with Gasteiger partial charge >= 0.3 is 29.8 Å². The van der Waals surface area contributed by atoms with Crippen molar-refractivity contribution in [2.45, 2.75) is 63.2 Å². The minimum atomic E-state index is -0.860. The number of ketones is 1. The summed E-state index contributed by atoms with van der Waals surface area (Å²) in [6, 6.07) is 21.1. The summed E-state index contributed by atoms with van der Waals surface area (Å²) < 4.78 is 15.2. The molecule has 4 unspecified atom stereocenters. The van der Waals surface area contributed by atoms with Crippen LogP contribution in [0.1, 0.15) is 90.3 Å². The normalized spacial score (nSPS) is 21.0. The van der Waals surface area contributed by atoms with Gasteiger partial charge in [-0.2, -0.15) is 4.89 Å². The van der Waals surface area contributed by atoms with Crippen LogP contribution in [-0.4, -0.2) is 42.2 Å². The first-order chi connectivity index (χ1) is 24.3. The lowest BCUT2D eigenvalue weighted by molar-refractivity contribution is -0.207. The van der Waals surface area contributed by atoms with Crippen LogP contribution in [0.4, 0.5) is 0 Å². The zero-order valence-corrected chi connectivity index (χ0v) is 27.2. The number of cyclic esters (lactones) is 4. The molecular weight excluding hydrogens is 644 g/mol. The topological polar surface area (TPSA) is 149 Å². The molecule has 0 radical (unpaired) electrons. The van der Waals surface area contributed by atoms with Gasteiger partial charge in [0.1, 0.15) is 5.75 Å². The van der Waals surface area contributed by atoms with E-state index in [1.54, 1.807) is 48.5 Å². The average molecular weight is 681 g/mol. The summed E-state index contributed by atoms with van der Waals surface area (Å²) in [6.45, 7) is 0.410. The summed E-state index contributed by atoms with van der Waals surface area (Å²) in [5.41, 5.74) is 2.60. The van der Waals surface area contributed by atoms with Crippen LogP contribution in [0.2, 0.25) is 0 Å². The number of allylic oxidation sites excluding steroid dienone is 1. The van der Waals surface area contributed by atoms with Crippen LogP contribution in [0.15, 0.2) is 78.9 Å². The Morgan fingerprint density at radius 1 is 0.720 bits per heavy atom. The van der Waals surface area contributed by atoms with Gasteiger partial charge in [0.05, 0.1) is 30.8 Å². The highest BCUT2D eigenvalue weighted by molar-refractivity contribution is 6.06. The lowest BCUT2D eigenvalue weighted by Crippen LogP contribution is -2.31. The molecule has 4 atom stereocenters. The van der Waals surface area contributed by atoms with Crippen molar-refractivity contribution in [2.24, 2.45) is 11.8 Å². The predicted octanol–water partition coefficient (Wildman–Crippen LogP) is 6.20. The van der Waals surface area contributed by atoms with Gasteiger partial charge < -0.3 is 19.1 Å². The molecule has 11 nitrogen and oxygen atoms in total. The second-order valence-corrected chi connectivity index (χ2v) is 12.6. The molecule has 2 fully saturated rings. The van der Waals surface area contributed by atoms with E-state index in [2.05, 4.69) is 0 Å². The zero-order chi connectivity index (χ0) is 35.0. The van der Waals surface area contributed by atoms with Crippen molar-refractivity contribution in [2.75, 3.05) is 6.61 Å². The molecule has 0 saturated carbocycles. The summed E-state index contributed by atoms with van der Waals surface area (Å²) >= 11 is 0. The van der Waals surface area contributed by atoms with E-state index in [4.69, 9.17) is 24.0 Å². The second-order valence-electron chi connectivity index (χ2n) is 12.6. The van der Waals surface area contributed by atoms with Crippen molar-refractivity contribution >= 4 is 41.7 Å². The van der Waals surface area contributed by atoms with E-state index in [0.717, 1.165) is 31.2 Å². The number of benzene rings is 3. The Bertz CT molecular complexity index is 1790. The number of unbranched alkanes of at least 4 members (excludes halogenated alkanes) is 4. The van der Waals surface area contributed by atoms with E-state index in [1.807, 2.05) is 30.3 Å². The molecule has 2 aliphatic heterocycles. The molecule has 3 aromatic rings. The van der Waals surface area contributed by atoms with Crippen LogP contribution in [0.25, 0.3) is 6.08 Å². The van der Waals surface area contributed by atoms with Crippen molar-refractivity contribution in [3.05, 3.63) is 101 Å². The van der Waals surface area contributed by atoms with Crippen molar-refractivity contribution in [3.8, 4) is 11.5 Å². The molecule has 0 aromatic heterocycles. The minimum Gasteiger partial charge on any atom is -0.427 e. The quantitative estimate of drug-likeness (QED) is 0.0264. The van der Waals surface area contributed by atoms with Crippen LogP contribution in [0.3, 0.4) is 0 Å². The van der Waals surface area contributed by atoms with Crippen molar-refractivity contribution < 1.29 is 52.8 Å². The molecule has 6 rings (SSSR count). The molecule has 0 spiro atoms. The maximum Gasteiger partial charge on any atom is 0.321 e. The van der Waals surface area contributed by atoms with E-state index in [0.29, 0.717) is 35.5 Å². The van der Waals surface area contributed by atoms with Gasteiger partial charge in [-0.25, -0.2) is 0 Å². The summed E-state index contributed by atoms with van der Waals surface area (Å²) in [5.74, 6) is -5.24. The molecule has 0 amide bonds. The third-order valence-electron chi connectivity index (χ3n) is 9.21. The van der Waals surface area contributed by atoms with Crippen molar-refractivity contribution in [1.82, 2.24) is 0 Å². The molecule has 50 heavy (non-hydrogen) atoms. The van der Waals surface area contributed by atoms with Gasteiger partial charge in [-0.05, 0) is 72.2 Å². The number of ether oxygens (including phenoxy) is 3. The van der Waals surface area contributed by atoms with Gasteiger partial charge in [-0.1, -0.05) is 73.9 Å². The van der Waals surface area contributed by atoms with Gasteiger partial charge in [0.25, 0.3) is 0 Å². The highest BCUT2D eigenvalue weighted by Crippen LogP contribution is 2.51. The number of esters is 5. The average Bonchev–Trinajstić information content (AvgIpc) is 3.61. The Labute approximate surface area is 288 Å². The third kappa shape index (κ3) is 8.23. The van der Waals surface area contributed by atoms with Gasteiger partial charge in [-0.3, -0.25) is 28.8 Å². The maximum absolute atomic E-state index is 12.6. The lowest BCUT2D eigenvalue weighted by Gasteiger charge is -2.33. The second kappa shape index (κ2) is 15.9. The number of carbonyl (C=O) groups excluding carboxylic acids is 6. The van der Waals surface area contributed by atoms with E-state index in [-0.39, 0.29) is 30.8 Å². The molecule has 3 aromatic carbocycles. The van der Waals surface area contributed by atoms with Gasteiger partial charge in [0, 0.05) is 12.0 Å². The number of hydrogen-bond donors (Lipinski definition) is 0. The third-order valence-corrected chi connectivity index (χ3v) is 9.21. The smallest absolute Gasteiger partial charge is 0.321 e. The predicted molar refractivity (Wildman–Crippen MR) is 177 cm³/mol. The largest absolute Gasteiger partial charge is 0.427 e. The van der Waals surface area contributed by atoms with Gasteiger partial charge in [0.15, 0.2) is 11.5 Å². The molecular formula is C39H36O11. The van der Waals surface area contributed by atoms with E-state index >= 15 is 0 Å². The van der Waals surface area contributed by atoms with Crippen molar-refractivity contribution in [3.63, 3.8) is 0 Å². The molecule has 2 saturated heterocycles. The Morgan fingerprint density at radius 3 is 2.20 bits per heavy atom. The Kier molecular flexibility index (Phi) is 10.9. The summed E-state index contributed by atoms with van der Waals surface area (Å²) in [5, 5.41) is 0. The molecule has 0 bridgehead atoms. The first-order valence-corrected chi connectivity index (χ1v) is 16.8. The molecule has 1 aliphatic carbocycles. The van der Waals surface area contributed by atoms with Crippen LogP contribution in [0.5, 0.6) is 11.5 Å². The highest BCUT2D eigenvalue weighted by Gasteiger charge is 2.53. The fourth-order valence-electron chi connectivity index (χ4n) is 6.68. The fourth-order valence-corrected chi connectivity index (χ4v) is 6.68. The summed E-state index contributed by atoms with van der Waals surface area (Å²) in [6.07, 6.45) is 7.58. The molecule has 0 N–H and O–H groups in total. The first-order valence-electron chi connectivity index (χ1n) is 16.8. The van der Waals surface area contributed by atoms with E-state index < -0.39 is 53.5 Å². The Balaban J connectivity index is 0.887. The highest BCUT2D eigenvalue weighted by atomic mass is 17.2. The number of carbonyl (C=O) groups is 6. The summed E-state index contributed by atoms with van der Waals surface area (Å²) in [7, 11) is 0. The van der Waals surface area contributed by atoms with Crippen molar-refractivity contribution in [1.29, 1.82) is 0 Å². The van der Waals surface area contributed by atoms with Crippen LogP contribution >= 0.6 is 0 Å². The minimum absolute atomic E-state index is 0.0655. The van der Waals surface area contributed by atoms with E-state index in [9.17, 15) is 28.8 Å². The SMILES string of the molecule is O=C1CC(C2CC3C(=O)OC(=O)C3c3cc(OC(=O)CCCCCCCOOc4ccc(C=CC(=O)c5ccccc5)cc4)ccc32)C(=O)O1. The standard InChI is InChI=1S/C39H36O11/c40-33(25-9-5-4-6-10-25)19-14-24-12-15-26(16-13-24)50-46-20-8-3-1-2-7-11-34(41)47-27-17-18-28-29(31-23-35(42)48-37(31)43)22-32-36(30(28)21-27)39(45)49-38(32)44/h4-6,9-10,12-19,21,29,31-32,36H,1-3,7-8,11,20,22-23H2. The van der Waals surface area contributed by atoms with Gasteiger partial charge in [0.2, 0.25) is 0 Å². The number of fused-ring (bicyclic) bond motifs is 3. The molecule has 3 aliphatic rings. The zero-order valence-electron chi connectivity index (χ0n) is 27.2. The lowest BCUT2D eigenvalue weighted by atomic mass is 9.67.